The maximum Gasteiger partial charge on any atom is 0.0950 e. The molecule has 0 aromatic rings. The van der Waals surface area contributed by atoms with Crippen LogP contribution in [-0.4, -0.2) is 12.2 Å². The van der Waals surface area contributed by atoms with Gasteiger partial charge in [-0.1, -0.05) is 95.8 Å². The molecule has 0 spiro atoms. The molecule has 1 rings (SSSR count). The van der Waals surface area contributed by atoms with Gasteiger partial charge in [0, 0.05) is 12.8 Å². The molecule has 1 heteroatoms. The minimum Gasteiger partial charge on any atom is -0.369 e. The molecule has 0 amide bonds. The van der Waals surface area contributed by atoms with Crippen molar-refractivity contribution in [3.63, 3.8) is 0 Å². The highest BCUT2D eigenvalue weighted by Crippen LogP contribution is 2.29. The van der Waals surface area contributed by atoms with E-state index in [4.69, 9.17) is 4.74 Å². The number of rotatable bonds is 13. The Hall–Kier alpha value is -0.920. The van der Waals surface area contributed by atoms with E-state index in [0.29, 0.717) is 12.2 Å². The maximum atomic E-state index is 5.71. The van der Waals surface area contributed by atoms with E-state index in [2.05, 4.69) is 37.5 Å². The number of ether oxygens (including phenoxy) is 1. The molecule has 1 heterocycles. The van der Waals surface area contributed by atoms with Gasteiger partial charge in [0.1, 0.15) is 0 Å². The van der Waals surface area contributed by atoms with E-state index in [0.717, 1.165) is 19.3 Å². The highest BCUT2D eigenvalue weighted by molar-refractivity contribution is 5.13. The molecule has 2 atom stereocenters. The zero-order chi connectivity index (χ0) is 17.3. The van der Waals surface area contributed by atoms with Crippen LogP contribution in [0.5, 0.6) is 0 Å². The van der Waals surface area contributed by atoms with Crippen LogP contribution in [0.25, 0.3) is 0 Å². The third-order valence-electron chi connectivity index (χ3n) is 4.67. The van der Waals surface area contributed by atoms with Gasteiger partial charge in [-0.25, -0.2) is 0 Å². The molecule has 0 saturated carbocycles. The van der Waals surface area contributed by atoms with Gasteiger partial charge in [-0.3, -0.25) is 0 Å². The standard InChI is InChI=1S/C23H38O/c1-3-5-7-9-11-13-15-17-19-21-23-22(24-23)20-18-16-14-12-10-8-6-4-2/h22-23H,3-9,11,13-15,17,19-21H2,1-2H3/t22-,23+/m0/s1. The average molecular weight is 331 g/mol. The molecule has 1 saturated heterocycles. The number of epoxide rings is 1. The Morgan fingerprint density at radius 2 is 1.25 bits per heavy atom. The smallest absolute Gasteiger partial charge is 0.0950 e. The van der Waals surface area contributed by atoms with Gasteiger partial charge in [0.05, 0.1) is 18.6 Å². The summed E-state index contributed by atoms with van der Waals surface area (Å²) in [5.74, 6) is 12.7. The highest BCUT2D eigenvalue weighted by Gasteiger charge is 2.36. The molecule has 0 N–H and O–H groups in total. The Balaban J connectivity index is 1.85. The molecule has 0 radical (unpaired) electrons. The molecule has 24 heavy (non-hydrogen) atoms. The fourth-order valence-electron chi connectivity index (χ4n) is 2.96. The van der Waals surface area contributed by atoms with Gasteiger partial charge in [-0.05, 0) is 12.8 Å². The van der Waals surface area contributed by atoms with Gasteiger partial charge >= 0.3 is 0 Å². The van der Waals surface area contributed by atoms with Crippen LogP contribution in [0.15, 0.2) is 0 Å². The molecule has 0 aromatic carbocycles. The highest BCUT2D eigenvalue weighted by atomic mass is 16.6. The Morgan fingerprint density at radius 3 is 1.96 bits per heavy atom. The minimum absolute atomic E-state index is 0.416. The quantitative estimate of drug-likeness (QED) is 0.209. The van der Waals surface area contributed by atoms with E-state index in [1.54, 1.807) is 0 Å². The molecule has 1 aliphatic heterocycles. The number of hydrogen-bond acceptors (Lipinski definition) is 1. The lowest BCUT2D eigenvalue weighted by atomic mass is 10.0. The lowest BCUT2D eigenvalue weighted by Gasteiger charge is -2.01. The summed E-state index contributed by atoms with van der Waals surface area (Å²) in [7, 11) is 0. The molecule has 0 aromatic heterocycles. The van der Waals surface area contributed by atoms with Crippen molar-refractivity contribution in [3.05, 3.63) is 0 Å². The second kappa shape index (κ2) is 15.6. The van der Waals surface area contributed by atoms with Crippen molar-refractivity contribution in [1.29, 1.82) is 0 Å². The van der Waals surface area contributed by atoms with Gasteiger partial charge < -0.3 is 4.74 Å². The Morgan fingerprint density at radius 1 is 0.625 bits per heavy atom. The molecule has 0 aliphatic carbocycles. The fraction of sp³-hybridized carbons (Fsp3) is 0.826. The van der Waals surface area contributed by atoms with E-state index in [1.807, 2.05) is 0 Å². The van der Waals surface area contributed by atoms with Crippen molar-refractivity contribution in [1.82, 2.24) is 0 Å². The summed E-state index contributed by atoms with van der Waals surface area (Å²) in [6, 6.07) is 0. The molecule has 0 bridgehead atoms. The van der Waals surface area contributed by atoms with Crippen LogP contribution in [0, 0.1) is 23.7 Å². The first-order chi connectivity index (χ1) is 11.9. The van der Waals surface area contributed by atoms with Crippen LogP contribution in [0.1, 0.15) is 110 Å². The summed E-state index contributed by atoms with van der Waals surface area (Å²) >= 11 is 0. The summed E-state index contributed by atoms with van der Waals surface area (Å²) in [5.41, 5.74) is 0. The van der Waals surface area contributed by atoms with Crippen LogP contribution in [0.3, 0.4) is 0 Å². The van der Waals surface area contributed by atoms with Crippen LogP contribution in [0.2, 0.25) is 0 Å². The predicted molar refractivity (Wildman–Crippen MR) is 105 cm³/mol. The normalized spacial score (nSPS) is 18.4. The topological polar surface area (TPSA) is 12.5 Å². The van der Waals surface area contributed by atoms with Crippen molar-refractivity contribution < 1.29 is 4.74 Å². The van der Waals surface area contributed by atoms with Crippen molar-refractivity contribution in [2.24, 2.45) is 0 Å². The van der Waals surface area contributed by atoms with E-state index in [1.165, 1.54) is 77.0 Å². The molecule has 136 valence electrons. The number of hydrogen-bond donors (Lipinski definition) is 0. The van der Waals surface area contributed by atoms with Gasteiger partial charge in [-0.2, -0.15) is 0 Å². The summed E-state index contributed by atoms with van der Waals surface area (Å²) in [6.45, 7) is 4.48. The molecule has 1 fully saturated rings. The van der Waals surface area contributed by atoms with Crippen molar-refractivity contribution in [2.45, 2.75) is 122 Å². The summed E-state index contributed by atoms with van der Waals surface area (Å²) in [5, 5.41) is 0. The summed E-state index contributed by atoms with van der Waals surface area (Å²) in [6.07, 6.45) is 19.8. The van der Waals surface area contributed by atoms with Crippen LogP contribution < -0.4 is 0 Å². The first-order valence-electron chi connectivity index (χ1n) is 10.4. The molecular formula is C23H38O. The van der Waals surface area contributed by atoms with Gasteiger partial charge in [0.15, 0.2) is 0 Å². The molecule has 0 unspecified atom stereocenters. The van der Waals surface area contributed by atoms with Crippen molar-refractivity contribution >= 4 is 0 Å². The first kappa shape index (κ1) is 21.1. The Bertz CT molecular complexity index is 403. The van der Waals surface area contributed by atoms with Crippen LogP contribution in [0.4, 0.5) is 0 Å². The lowest BCUT2D eigenvalue weighted by molar-refractivity contribution is 0.359. The van der Waals surface area contributed by atoms with Crippen LogP contribution >= 0.6 is 0 Å². The second-order valence-electron chi connectivity index (χ2n) is 7.02. The van der Waals surface area contributed by atoms with E-state index >= 15 is 0 Å². The molecule has 1 aliphatic rings. The third-order valence-corrected chi connectivity index (χ3v) is 4.67. The largest absolute Gasteiger partial charge is 0.369 e. The van der Waals surface area contributed by atoms with E-state index in [-0.39, 0.29) is 0 Å². The van der Waals surface area contributed by atoms with Gasteiger partial charge in [-0.15, -0.1) is 5.92 Å². The van der Waals surface area contributed by atoms with E-state index in [9.17, 15) is 0 Å². The Kier molecular flexibility index (Phi) is 13.7. The fourth-order valence-corrected chi connectivity index (χ4v) is 2.96. The van der Waals surface area contributed by atoms with Gasteiger partial charge in [0.25, 0.3) is 0 Å². The predicted octanol–water partition coefficient (Wildman–Crippen LogP) is 6.65. The van der Waals surface area contributed by atoms with E-state index < -0.39 is 0 Å². The lowest BCUT2D eigenvalue weighted by Crippen LogP contribution is -1.93. The zero-order valence-electron chi connectivity index (χ0n) is 16.2. The van der Waals surface area contributed by atoms with Gasteiger partial charge in [0.2, 0.25) is 0 Å². The Labute approximate surface area is 151 Å². The molecule has 1 nitrogen and oxygen atoms in total. The summed E-state index contributed by atoms with van der Waals surface area (Å²) in [4.78, 5) is 0. The average Bonchev–Trinajstić information content (AvgIpc) is 3.34. The maximum absolute atomic E-state index is 5.71. The molecular weight excluding hydrogens is 292 g/mol. The van der Waals surface area contributed by atoms with Crippen molar-refractivity contribution in [2.75, 3.05) is 0 Å². The number of unbranched alkanes of at least 4 members (excludes halogenated alkanes) is 10. The minimum atomic E-state index is 0.416. The second-order valence-corrected chi connectivity index (χ2v) is 7.02. The van der Waals surface area contributed by atoms with Crippen LogP contribution in [-0.2, 0) is 4.74 Å². The monoisotopic (exact) mass is 330 g/mol. The SMILES string of the molecule is CCCCC#CCC#CC[C@@H]1O[C@@H]1CCCCCCCCCCC. The first-order valence-corrected chi connectivity index (χ1v) is 10.4. The van der Waals surface area contributed by atoms with Crippen molar-refractivity contribution in [3.8, 4) is 23.7 Å². The summed E-state index contributed by atoms with van der Waals surface area (Å²) < 4.78 is 5.71. The third kappa shape index (κ3) is 12.5. The zero-order valence-corrected chi connectivity index (χ0v) is 16.2.